The Morgan fingerprint density at radius 1 is 1.12 bits per heavy atom. The maximum Gasteiger partial charge on any atom is 0.248 e. The standard InChI is InChI=1S/C19H17BrN2O3S/c20-15-4-7-17(8-5-15)26-25-21-11-1-2-12-24-16-6-9-18-14(13-16)3-10-19(23)22-18/h3-11,13H,1-2,12H2,(H,22,23). The Hall–Kier alpha value is -2.25. The van der Waals surface area contributed by atoms with Gasteiger partial charge in [-0.15, -0.1) is 0 Å². The van der Waals surface area contributed by atoms with Crippen LogP contribution in [-0.2, 0) is 4.28 Å². The first-order valence-corrected chi connectivity index (χ1v) is 9.61. The molecule has 0 unspecified atom stereocenters. The van der Waals surface area contributed by atoms with Gasteiger partial charge in [0.15, 0.2) is 0 Å². The van der Waals surface area contributed by atoms with Gasteiger partial charge >= 0.3 is 0 Å². The Balaban J connectivity index is 1.35. The number of hydrogen-bond acceptors (Lipinski definition) is 5. The zero-order valence-corrected chi connectivity index (χ0v) is 16.3. The van der Waals surface area contributed by atoms with Crippen molar-refractivity contribution in [3.05, 3.63) is 69.4 Å². The summed E-state index contributed by atoms with van der Waals surface area (Å²) in [6.45, 7) is 0.584. The van der Waals surface area contributed by atoms with Crippen molar-refractivity contribution in [1.29, 1.82) is 0 Å². The van der Waals surface area contributed by atoms with Crippen molar-refractivity contribution in [3.63, 3.8) is 0 Å². The summed E-state index contributed by atoms with van der Waals surface area (Å²) in [5, 5.41) is 4.87. The fourth-order valence-electron chi connectivity index (χ4n) is 2.22. The smallest absolute Gasteiger partial charge is 0.248 e. The summed E-state index contributed by atoms with van der Waals surface area (Å²) in [5.41, 5.74) is 0.698. The molecule has 0 aliphatic carbocycles. The molecule has 1 aromatic heterocycles. The van der Waals surface area contributed by atoms with Crippen LogP contribution in [0.2, 0.25) is 0 Å². The van der Waals surface area contributed by atoms with Crippen LogP contribution in [0.3, 0.4) is 0 Å². The third-order valence-corrected chi connectivity index (χ3v) is 4.66. The van der Waals surface area contributed by atoms with Gasteiger partial charge in [-0.2, -0.15) is 0 Å². The van der Waals surface area contributed by atoms with Gasteiger partial charge in [-0.05, 0) is 61.4 Å². The molecule has 0 fully saturated rings. The van der Waals surface area contributed by atoms with Crippen molar-refractivity contribution in [1.82, 2.24) is 4.98 Å². The Morgan fingerprint density at radius 2 is 1.96 bits per heavy atom. The van der Waals surface area contributed by atoms with E-state index in [9.17, 15) is 4.79 Å². The average molecular weight is 433 g/mol. The number of oxime groups is 1. The fraction of sp³-hybridized carbons (Fsp3) is 0.158. The zero-order chi connectivity index (χ0) is 18.2. The molecular weight excluding hydrogens is 416 g/mol. The summed E-state index contributed by atoms with van der Waals surface area (Å²) in [6.07, 6.45) is 3.33. The van der Waals surface area contributed by atoms with Crippen LogP contribution >= 0.6 is 28.0 Å². The molecule has 1 N–H and O–H groups in total. The first-order valence-electron chi connectivity index (χ1n) is 8.08. The third kappa shape index (κ3) is 5.64. The molecule has 3 rings (SSSR count). The van der Waals surface area contributed by atoms with Crippen LogP contribution in [0, 0.1) is 0 Å². The number of nitrogens with zero attached hydrogens (tertiary/aromatic N) is 1. The van der Waals surface area contributed by atoms with E-state index < -0.39 is 0 Å². The van der Waals surface area contributed by atoms with Crippen LogP contribution in [0.4, 0.5) is 0 Å². The molecule has 0 aliphatic rings. The Bertz CT molecular complexity index is 941. The number of nitrogens with one attached hydrogen (secondary N) is 1. The molecule has 0 amide bonds. The normalized spacial score (nSPS) is 11.1. The predicted molar refractivity (Wildman–Crippen MR) is 109 cm³/mol. The second-order valence-corrected chi connectivity index (χ2v) is 7.16. The van der Waals surface area contributed by atoms with Gasteiger partial charge in [-0.25, -0.2) is 0 Å². The summed E-state index contributed by atoms with van der Waals surface area (Å²) < 4.78 is 11.9. The molecule has 0 spiro atoms. The molecule has 0 atom stereocenters. The minimum Gasteiger partial charge on any atom is -0.494 e. The summed E-state index contributed by atoms with van der Waals surface area (Å²) in [4.78, 5) is 15.0. The van der Waals surface area contributed by atoms with E-state index in [1.165, 1.54) is 18.1 Å². The topological polar surface area (TPSA) is 63.7 Å². The molecule has 7 heteroatoms. The minimum atomic E-state index is -0.106. The molecular formula is C19H17BrN2O3S. The summed E-state index contributed by atoms with van der Waals surface area (Å²) in [6, 6.07) is 16.7. The maximum absolute atomic E-state index is 11.3. The Morgan fingerprint density at radius 3 is 2.81 bits per heavy atom. The molecule has 5 nitrogen and oxygen atoms in total. The van der Waals surface area contributed by atoms with Gasteiger partial charge < -0.3 is 14.0 Å². The van der Waals surface area contributed by atoms with Crippen LogP contribution in [0.25, 0.3) is 10.9 Å². The zero-order valence-electron chi connectivity index (χ0n) is 13.9. The number of aromatic nitrogens is 1. The van der Waals surface area contributed by atoms with E-state index in [-0.39, 0.29) is 5.56 Å². The van der Waals surface area contributed by atoms with E-state index in [0.29, 0.717) is 6.61 Å². The number of fused-ring (bicyclic) bond motifs is 1. The summed E-state index contributed by atoms with van der Waals surface area (Å²) >= 11 is 4.60. The van der Waals surface area contributed by atoms with Crippen molar-refractivity contribution in [3.8, 4) is 5.75 Å². The van der Waals surface area contributed by atoms with Crippen molar-refractivity contribution in [2.45, 2.75) is 17.7 Å². The van der Waals surface area contributed by atoms with Gasteiger partial charge in [0.1, 0.15) is 17.8 Å². The Labute approximate surface area is 163 Å². The second kappa shape index (κ2) is 9.45. The number of benzene rings is 2. The van der Waals surface area contributed by atoms with Gasteiger partial charge in [0.2, 0.25) is 5.56 Å². The molecule has 3 aromatic rings. The SMILES string of the molecule is O=c1ccc2cc(OCCCC=NOSc3ccc(Br)cc3)ccc2[nH]1. The number of H-pyrrole nitrogens is 1. The van der Waals surface area contributed by atoms with E-state index in [0.717, 1.165) is 38.9 Å². The lowest BCUT2D eigenvalue weighted by Gasteiger charge is -2.06. The van der Waals surface area contributed by atoms with E-state index in [4.69, 9.17) is 9.02 Å². The van der Waals surface area contributed by atoms with Crippen LogP contribution < -0.4 is 10.3 Å². The highest BCUT2D eigenvalue weighted by Crippen LogP contribution is 2.21. The molecule has 0 saturated heterocycles. The van der Waals surface area contributed by atoms with Crippen LogP contribution in [-0.4, -0.2) is 17.8 Å². The molecule has 0 radical (unpaired) electrons. The summed E-state index contributed by atoms with van der Waals surface area (Å²) in [7, 11) is 0. The largest absolute Gasteiger partial charge is 0.494 e. The van der Waals surface area contributed by atoms with Crippen molar-refractivity contribution in [2.24, 2.45) is 5.16 Å². The molecule has 0 aliphatic heterocycles. The van der Waals surface area contributed by atoms with E-state index >= 15 is 0 Å². The van der Waals surface area contributed by atoms with E-state index in [1.54, 1.807) is 12.3 Å². The summed E-state index contributed by atoms with van der Waals surface area (Å²) in [5.74, 6) is 0.781. The fourth-order valence-corrected chi connectivity index (χ4v) is 2.93. The lowest BCUT2D eigenvalue weighted by Crippen LogP contribution is -2.02. The number of ether oxygens (including phenoxy) is 1. The van der Waals surface area contributed by atoms with E-state index in [1.807, 2.05) is 42.5 Å². The number of halogens is 1. The van der Waals surface area contributed by atoms with Crippen molar-refractivity contribution < 1.29 is 9.02 Å². The first kappa shape index (κ1) is 18.5. The molecule has 134 valence electrons. The number of rotatable bonds is 8. The minimum absolute atomic E-state index is 0.106. The number of aromatic amines is 1. The maximum atomic E-state index is 11.3. The number of pyridine rings is 1. The highest BCUT2D eigenvalue weighted by atomic mass is 79.9. The van der Waals surface area contributed by atoms with Gasteiger partial charge in [0.05, 0.1) is 11.5 Å². The molecule has 26 heavy (non-hydrogen) atoms. The van der Waals surface area contributed by atoms with Crippen LogP contribution in [0.1, 0.15) is 12.8 Å². The number of unbranched alkanes of at least 4 members (excludes halogenated alkanes) is 1. The van der Waals surface area contributed by atoms with Crippen LogP contribution in [0.5, 0.6) is 5.75 Å². The highest BCUT2D eigenvalue weighted by Gasteiger charge is 1.98. The highest BCUT2D eigenvalue weighted by molar-refractivity contribution is 9.10. The lowest BCUT2D eigenvalue weighted by molar-refractivity contribution is 0.313. The van der Waals surface area contributed by atoms with E-state index in [2.05, 4.69) is 26.1 Å². The predicted octanol–water partition coefficient (Wildman–Crippen LogP) is 5.16. The first-order chi connectivity index (χ1) is 12.7. The molecule has 2 aromatic carbocycles. The average Bonchev–Trinajstić information content (AvgIpc) is 2.65. The molecule has 0 saturated carbocycles. The van der Waals surface area contributed by atoms with Crippen molar-refractivity contribution in [2.75, 3.05) is 6.61 Å². The third-order valence-electron chi connectivity index (χ3n) is 3.51. The molecule has 0 bridgehead atoms. The van der Waals surface area contributed by atoms with Gasteiger partial charge in [-0.3, -0.25) is 4.79 Å². The number of hydrogen-bond donors (Lipinski definition) is 1. The van der Waals surface area contributed by atoms with Gasteiger partial charge in [0, 0.05) is 27.7 Å². The molecule has 1 heterocycles. The quantitative estimate of drug-likeness (QED) is 0.231. The Kier molecular flexibility index (Phi) is 6.74. The monoisotopic (exact) mass is 432 g/mol. The second-order valence-electron chi connectivity index (χ2n) is 5.46. The van der Waals surface area contributed by atoms with Crippen LogP contribution in [0.15, 0.2) is 73.9 Å². The lowest BCUT2D eigenvalue weighted by atomic mass is 10.2. The van der Waals surface area contributed by atoms with Gasteiger partial charge in [-0.1, -0.05) is 21.1 Å². The van der Waals surface area contributed by atoms with Crippen molar-refractivity contribution >= 4 is 45.1 Å². The van der Waals surface area contributed by atoms with Gasteiger partial charge in [0.25, 0.3) is 0 Å².